The van der Waals surface area contributed by atoms with Gasteiger partial charge in [-0.1, -0.05) is 148 Å². The Balaban J connectivity index is 2.22. The minimum Gasteiger partial charge on any atom is -0.0984 e. The lowest BCUT2D eigenvalue weighted by atomic mass is 9.82. The van der Waals surface area contributed by atoms with Crippen LogP contribution in [0.2, 0.25) is 0 Å². The largest absolute Gasteiger partial charge is 0.0984 e. The van der Waals surface area contributed by atoms with Gasteiger partial charge in [0.1, 0.15) is 0 Å². The Morgan fingerprint density at radius 1 is 0.412 bits per heavy atom. The quantitative estimate of drug-likeness (QED) is 0.282. The average molecular weight is 437 g/mol. The highest BCUT2D eigenvalue weighted by atomic mass is 14.2. The molecule has 0 bridgehead atoms. The summed E-state index contributed by atoms with van der Waals surface area (Å²) in [6.45, 7) is 16.5. The highest BCUT2D eigenvalue weighted by Crippen LogP contribution is 2.44. The molecule has 0 unspecified atom stereocenters. The Morgan fingerprint density at radius 3 is 1.47 bits per heavy atom. The summed E-state index contributed by atoms with van der Waals surface area (Å²) in [5, 5.41) is 2.33. The lowest BCUT2D eigenvalue weighted by Crippen LogP contribution is -1.97. The summed E-state index contributed by atoms with van der Waals surface area (Å²) in [7, 11) is 0. The molecule has 4 rings (SSSR count). The van der Waals surface area contributed by atoms with Crippen molar-refractivity contribution >= 4 is 35.1 Å². The van der Waals surface area contributed by atoms with Gasteiger partial charge in [0, 0.05) is 0 Å². The Bertz CT molecular complexity index is 1440. The first-order valence-electron chi connectivity index (χ1n) is 11.4. The molecule has 34 heavy (non-hydrogen) atoms. The van der Waals surface area contributed by atoms with Gasteiger partial charge in [-0.3, -0.25) is 0 Å². The van der Waals surface area contributed by atoms with Crippen LogP contribution in [0.1, 0.15) is 22.3 Å². The van der Waals surface area contributed by atoms with E-state index in [9.17, 15) is 0 Å². The van der Waals surface area contributed by atoms with Crippen LogP contribution in [0.3, 0.4) is 0 Å². The van der Waals surface area contributed by atoms with Gasteiger partial charge in [-0.25, -0.2) is 0 Å². The third kappa shape index (κ3) is 4.14. The molecular formula is C34H28. The average Bonchev–Trinajstić information content (AvgIpc) is 2.89. The molecule has 0 nitrogen and oxygen atoms in total. The summed E-state index contributed by atoms with van der Waals surface area (Å²) in [5.41, 5.74) is 8.72. The molecule has 164 valence electrons. The van der Waals surface area contributed by atoms with Gasteiger partial charge in [-0.2, -0.15) is 0 Å². The van der Waals surface area contributed by atoms with Crippen molar-refractivity contribution in [3.8, 4) is 22.3 Å². The van der Waals surface area contributed by atoms with E-state index in [1.165, 1.54) is 0 Å². The minimum atomic E-state index is 1.05. The maximum Gasteiger partial charge on any atom is -0.00204 e. The number of hydrogen-bond donors (Lipinski definition) is 0. The van der Waals surface area contributed by atoms with E-state index in [4.69, 9.17) is 0 Å². The maximum absolute atomic E-state index is 4.21. The fourth-order valence-corrected chi connectivity index (χ4v) is 4.57. The maximum atomic E-state index is 4.21. The zero-order chi connectivity index (χ0) is 23.9. The van der Waals surface area contributed by atoms with E-state index < -0.39 is 0 Å². The molecule has 0 atom stereocenters. The third-order valence-corrected chi connectivity index (χ3v) is 6.04. The van der Waals surface area contributed by atoms with Gasteiger partial charge in [-0.05, 0) is 55.3 Å². The zero-order valence-electron chi connectivity index (χ0n) is 19.4. The summed E-state index contributed by atoms with van der Waals surface area (Å²) >= 11 is 0. The second-order valence-electron chi connectivity index (χ2n) is 7.88. The summed E-state index contributed by atoms with van der Waals surface area (Å²) in [6.07, 6.45) is 7.68. The van der Waals surface area contributed by atoms with E-state index in [2.05, 4.69) is 93.0 Å². The SMILES string of the molecule is C=Cc1cccc(-c2c(C=C)c(C=C)c(-c3ccccccccc3)c3ccccc23)c1C=C. The standard InChI is InChI=1S/C34H28/c1-5-25-21-18-24-30(27(25)6-2)34-29(8-4)28(7-3)33(31-22-16-17-23-32(31)34)26-19-14-12-10-9-11-13-15-20-26/h5-24H,1-4H2. The van der Waals surface area contributed by atoms with E-state index in [0.717, 1.165) is 55.3 Å². The van der Waals surface area contributed by atoms with Crippen LogP contribution in [0.25, 0.3) is 57.3 Å². The fraction of sp³-hybridized carbons (Fsp3) is 0. The third-order valence-electron chi connectivity index (χ3n) is 6.04. The van der Waals surface area contributed by atoms with E-state index >= 15 is 0 Å². The van der Waals surface area contributed by atoms with Crippen LogP contribution in [0, 0.1) is 0 Å². The fourth-order valence-electron chi connectivity index (χ4n) is 4.57. The zero-order valence-corrected chi connectivity index (χ0v) is 19.4. The topological polar surface area (TPSA) is 0 Å². The summed E-state index contributed by atoms with van der Waals surface area (Å²) in [6, 6.07) is 33.4. The highest BCUT2D eigenvalue weighted by molar-refractivity contribution is 6.12. The molecule has 0 radical (unpaired) electrons. The van der Waals surface area contributed by atoms with Crippen molar-refractivity contribution in [1.82, 2.24) is 0 Å². The van der Waals surface area contributed by atoms with E-state index in [-0.39, 0.29) is 0 Å². The predicted octanol–water partition coefficient (Wildman–Crippen LogP) is 9.87. The number of hydrogen-bond acceptors (Lipinski definition) is 0. The number of benzene rings is 3. The molecule has 0 aliphatic carbocycles. The molecule has 0 fully saturated rings. The number of rotatable bonds is 6. The van der Waals surface area contributed by atoms with Crippen molar-refractivity contribution in [3.63, 3.8) is 0 Å². The van der Waals surface area contributed by atoms with E-state index in [1.54, 1.807) is 0 Å². The lowest BCUT2D eigenvalue weighted by Gasteiger charge is -2.21. The van der Waals surface area contributed by atoms with E-state index in [1.807, 2.05) is 54.6 Å². The number of fused-ring (bicyclic) bond motifs is 1. The molecule has 0 saturated heterocycles. The summed E-state index contributed by atoms with van der Waals surface area (Å²) < 4.78 is 0. The molecule has 0 aliphatic heterocycles. The van der Waals surface area contributed by atoms with Crippen molar-refractivity contribution in [3.05, 3.63) is 146 Å². The smallest absolute Gasteiger partial charge is 0.00204 e. The molecule has 0 spiro atoms. The van der Waals surface area contributed by atoms with Crippen LogP contribution in [-0.4, -0.2) is 0 Å². The van der Waals surface area contributed by atoms with Crippen LogP contribution in [0.4, 0.5) is 0 Å². The summed E-state index contributed by atoms with van der Waals surface area (Å²) in [4.78, 5) is 0. The molecule has 0 saturated carbocycles. The van der Waals surface area contributed by atoms with Gasteiger partial charge in [0.25, 0.3) is 0 Å². The second kappa shape index (κ2) is 10.5. The minimum absolute atomic E-state index is 1.05. The van der Waals surface area contributed by atoms with Crippen LogP contribution in [0.5, 0.6) is 0 Å². The van der Waals surface area contributed by atoms with Crippen molar-refractivity contribution in [1.29, 1.82) is 0 Å². The van der Waals surface area contributed by atoms with Crippen LogP contribution >= 0.6 is 0 Å². The van der Waals surface area contributed by atoms with Gasteiger partial charge in [-0.15, -0.1) is 0 Å². The van der Waals surface area contributed by atoms with Gasteiger partial charge < -0.3 is 0 Å². The van der Waals surface area contributed by atoms with Crippen LogP contribution in [0.15, 0.2) is 123 Å². The lowest BCUT2D eigenvalue weighted by molar-refractivity contribution is 1.56. The van der Waals surface area contributed by atoms with Crippen molar-refractivity contribution < 1.29 is 0 Å². The van der Waals surface area contributed by atoms with Crippen molar-refractivity contribution in [2.24, 2.45) is 0 Å². The Kier molecular flexibility index (Phi) is 7.01. The first-order valence-corrected chi connectivity index (χ1v) is 11.4. The normalized spacial score (nSPS) is 10.2. The Morgan fingerprint density at radius 2 is 0.912 bits per heavy atom. The molecule has 0 aliphatic rings. The van der Waals surface area contributed by atoms with Crippen LogP contribution < -0.4 is 0 Å². The Hall–Kier alpha value is -4.42. The molecule has 0 N–H and O–H groups in total. The van der Waals surface area contributed by atoms with Gasteiger partial charge in [0.15, 0.2) is 0 Å². The van der Waals surface area contributed by atoms with Gasteiger partial charge in [0.05, 0.1) is 0 Å². The first kappa shape index (κ1) is 22.8. The van der Waals surface area contributed by atoms with Crippen LogP contribution in [-0.2, 0) is 0 Å². The predicted molar refractivity (Wildman–Crippen MR) is 153 cm³/mol. The molecule has 0 amide bonds. The molecule has 4 aromatic carbocycles. The highest BCUT2D eigenvalue weighted by Gasteiger charge is 2.20. The van der Waals surface area contributed by atoms with Crippen molar-refractivity contribution in [2.75, 3.05) is 0 Å². The molecule has 0 heteroatoms. The first-order chi connectivity index (χ1) is 16.7. The van der Waals surface area contributed by atoms with Gasteiger partial charge >= 0.3 is 0 Å². The van der Waals surface area contributed by atoms with E-state index in [0.29, 0.717) is 0 Å². The van der Waals surface area contributed by atoms with Gasteiger partial charge in [0.2, 0.25) is 0 Å². The van der Waals surface area contributed by atoms with Crippen molar-refractivity contribution in [2.45, 2.75) is 0 Å². The molecular weight excluding hydrogens is 408 g/mol. The molecule has 0 aromatic heterocycles. The molecule has 4 aromatic rings. The molecule has 0 heterocycles. The summed E-state index contributed by atoms with van der Waals surface area (Å²) in [5.74, 6) is 0. The monoisotopic (exact) mass is 436 g/mol. The Labute approximate surface area is 202 Å². The second-order valence-corrected chi connectivity index (χ2v) is 7.88.